The summed E-state index contributed by atoms with van der Waals surface area (Å²) in [5.74, 6) is 1.88. The summed E-state index contributed by atoms with van der Waals surface area (Å²) in [4.78, 5) is 0. The van der Waals surface area contributed by atoms with E-state index in [2.05, 4.69) is 27.7 Å². The van der Waals surface area contributed by atoms with Crippen LogP contribution in [-0.4, -0.2) is 0 Å². The third kappa shape index (κ3) is 16.5. The fraction of sp³-hybridized carbons (Fsp3) is 1.00. The van der Waals surface area contributed by atoms with Crippen LogP contribution in [0, 0.1) is 11.8 Å². The first-order valence-corrected chi connectivity index (χ1v) is 5.63. The molecular weight excluding hydrogens is 144 g/mol. The second-order valence-electron chi connectivity index (χ2n) is 4.12. The topological polar surface area (TPSA) is 0 Å². The summed E-state index contributed by atoms with van der Waals surface area (Å²) in [5.41, 5.74) is 0. The predicted molar refractivity (Wildman–Crippen MR) is 59.5 cm³/mol. The van der Waals surface area contributed by atoms with Crippen LogP contribution in [-0.2, 0) is 0 Å². The average Bonchev–Trinajstić information content (AvgIpc) is 2.43. The van der Waals surface area contributed by atoms with Gasteiger partial charge in [0.1, 0.15) is 0 Å². The number of hydrogen-bond donors (Lipinski definition) is 0. The fourth-order valence-corrected chi connectivity index (χ4v) is 1.13. The molecule has 12 heavy (non-hydrogen) atoms. The van der Waals surface area contributed by atoms with E-state index in [1.807, 2.05) is 13.8 Å². The van der Waals surface area contributed by atoms with Gasteiger partial charge in [-0.1, -0.05) is 67.2 Å². The van der Waals surface area contributed by atoms with Crippen LogP contribution < -0.4 is 0 Å². The van der Waals surface area contributed by atoms with Crippen molar-refractivity contribution in [3.63, 3.8) is 0 Å². The van der Waals surface area contributed by atoms with E-state index in [4.69, 9.17) is 0 Å². The van der Waals surface area contributed by atoms with Crippen LogP contribution in [0.5, 0.6) is 0 Å². The normalized spacial score (nSPS) is 16.2. The molecule has 1 saturated carbocycles. The Labute approximate surface area is 79.8 Å². The molecule has 0 atom stereocenters. The van der Waals surface area contributed by atoms with Crippen LogP contribution in [0.15, 0.2) is 0 Å². The zero-order valence-corrected chi connectivity index (χ0v) is 9.98. The van der Waals surface area contributed by atoms with Crippen LogP contribution in [0.25, 0.3) is 0 Å². The predicted octanol–water partition coefficient (Wildman–Crippen LogP) is 4.89. The SMILES string of the molecule is CC.CC(C)C.CC1CCCC1. The molecule has 0 spiro atoms. The van der Waals surface area contributed by atoms with E-state index in [1.54, 1.807) is 0 Å². The quantitative estimate of drug-likeness (QED) is 0.488. The highest BCUT2D eigenvalue weighted by Crippen LogP contribution is 2.22. The van der Waals surface area contributed by atoms with Crippen molar-refractivity contribution in [3.05, 3.63) is 0 Å². The van der Waals surface area contributed by atoms with Gasteiger partial charge < -0.3 is 0 Å². The summed E-state index contributed by atoms with van der Waals surface area (Å²) in [6, 6.07) is 0. The maximum atomic E-state index is 2.34. The minimum atomic E-state index is 0.833. The summed E-state index contributed by atoms with van der Waals surface area (Å²) in [5, 5.41) is 0. The van der Waals surface area contributed by atoms with Crippen LogP contribution in [0.2, 0.25) is 0 Å². The van der Waals surface area contributed by atoms with Crippen molar-refractivity contribution < 1.29 is 0 Å². The van der Waals surface area contributed by atoms with Gasteiger partial charge in [0.05, 0.1) is 0 Å². The van der Waals surface area contributed by atoms with Gasteiger partial charge in [0.2, 0.25) is 0 Å². The van der Waals surface area contributed by atoms with Crippen molar-refractivity contribution in [3.8, 4) is 0 Å². The zero-order chi connectivity index (χ0) is 9.98. The van der Waals surface area contributed by atoms with Gasteiger partial charge in [-0.25, -0.2) is 0 Å². The first kappa shape index (κ1) is 14.5. The third-order valence-electron chi connectivity index (χ3n) is 1.64. The zero-order valence-electron chi connectivity index (χ0n) is 9.98. The van der Waals surface area contributed by atoms with Crippen LogP contribution >= 0.6 is 0 Å². The van der Waals surface area contributed by atoms with Crippen molar-refractivity contribution in [2.45, 2.75) is 67.2 Å². The largest absolute Gasteiger partial charge is 0.0683 e. The molecule has 0 saturated heterocycles. The minimum Gasteiger partial charge on any atom is -0.0683 e. The standard InChI is InChI=1S/C6H12.C4H10.C2H6/c1-6-4-2-3-5-6;1-4(2)3;1-2/h6H,2-5H2,1H3;4H,1-3H3;1-2H3. The summed E-state index contributed by atoms with van der Waals surface area (Å²) < 4.78 is 0. The van der Waals surface area contributed by atoms with Gasteiger partial charge in [-0.05, 0) is 11.8 Å². The van der Waals surface area contributed by atoms with Gasteiger partial charge in [0, 0.05) is 0 Å². The Morgan fingerprint density at radius 3 is 1.25 bits per heavy atom. The van der Waals surface area contributed by atoms with Gasteiger partial charge in [-0.15, -0.1) is 0 Å². The molecule has 0 N–H and O–H groups in total. The Morgan fingerprint density at radius 1 is 0.917 bits per heavy atom. The van der Waals surface area contributed by atoms with Crippen molar-refractivity contribution in [2.75, 3.05) is 0 Å². The molecular formula is C12H28. The second kappa shape index (κ2) is 11.0. The van der Waals surface area contributed by atoms with E-state index in [0.29, 0.717) is 0 Å². The first-order chi connectivity index (χ1) is 5.63. The Balaban J connectivity index is 0. The highest BCUT2D eigenvalue weighted by atomic mass is 14.1. The molecule has 1 aliphatic rings. The molecule has 1 fully saturated rings. The lowest BCUT2D eigenvalue weighted by atomic mass is 10.2. The number of hydrogen-bond acceptors (Lipinski definition) is 0. The van der Waals surface area contributed by atoms with Crippen LogP contribution in [0.3, 0.4) is 0 Å². The van der Waals surface area contributed by atoms with E-state index in [1.165, 1.54) is 25.7 Å². The molecule has 0 nitrogen and oxygen atoms in total. The molecule has 0 aliphatic heterocycles. The molecule has 0 aromatic rings. The van der Waals surface area contributed by atoms with Gasteiger partial charge in [-0.2, -0.15) is 0 Å². The van der Waals surface area contributed by atoms with E-state index >= 15 is 0 Å². The number of rotatable bonds is 0. The molecule has 1 aliphatic carbocycles. The maximum Gasteiger partial charge on any atom is -0.0443 e. The lowest BCUT2D eigenvalue weighted by Gasteiger charge is -1.91. The van der Waals surface area contributed by atoms with E-state index in [0.717, 1.165) is 11.8 Å². The lowest BCUT2D eigenvalue weighted by Crippen LogP contribution is -1.78. The molecule has 0 heteroatoms. The molecule has 0 heterocycles. The monoisotopic (exact) mass is 172 g/mol. The van der Waals surface area contributed by atoms with Crippen molar-refractivity contribution >= 4 is 0 Å². The molecule has 0 aromatic heterocycles. The van der Waals surface area contributed by atoms with Crippen molar-refractivity contribution in [2.24, 2.45) is 11.8 Å². The molecule has 0 radical (unpaired) electrons. The Kier molecular flexibility index (Phi) is 13.3. The van der Waals surface area contributed by atoms with Crippen molar-refractivity contribution in [1.82, 2.24) is 0 Å². The molecule has 76 valence electrons. The Hall–Kier alpha value is 0. The summed E-state index contributed by atoms with van der Waals surface area (Å²) in [6.07, 6.45) is 5.95. The van der Waals surface area contributed by atoms with Gasteiger partial charge in [0.25, 0.3) is 0 Å². The van der Waals surface area contributed by atoms with Crippen LogP contribution in [0.4, 0.5) is 0 Å². The van der Waals surface area contributed by atoms with E-state index in [-0.39, 0.29) is 0 Å². The smallest absolute Gasteiger partial charge is 0.0443 e. The summed E-state index contributed by atoms with van der Waals surface area (Å²) >= 11 is 0. The highest BCUT2D eigenvalue weighted by Gasteiger charge is 2.07. The van der Waals surface area contributed by atoms with Crippen LogP contribution in [0.1, 0.15) is 67.2 Å². The molecule has 0 amide bonds. The third-order valence-corrected chi connectivity index (χ3v) is 1.64. The first-order valence-electron chi connectivity index (χ1n) is 5.63. The Morgan fingerprint density at radius 2 is 1.17 bits per heavy atom. The van der Waals surface area contributed by atoms with E-state index in [9.17, 15) is 0 Å². The highest BCUT2D eigenvalue weighted by molar-refractivity contribution is 4.60. The van der Waals surface area contributed by atoms with Crippen molar-refractivity contribution in [1.29, 1.82) is 0 Å². The average molecular weight is 172 g/mol. The summed E-state index contributed by atoms with van der Waals surface area (Å²) in [7, 11) is 0. The van der Waals surface area contributed by atoms with E-state index < -0.39 is 0 Å². The molecule has 1 rings (SSSR count). The Bertz CT molecular complexity index is 55.7. The fourth-order valence-electron chi connectivity index (χ4n) is 1.13. The van der Waals surface area contributed by atoms with Gasteiger partial charge in [0.15, 0.2) is 0 Å². The molecule has 0 aromatic carbocycles. The minimum absolute atomic E-state index is 0.833. The molecule has 0 bridgehead atoms. The summed E-state index contributed by atoms with van der Waals surface area (Å²) in [6.45, 7) is 12.8. The van der Waals surface area contributed by atoms with Gasteiger partial charge >= 0.3 is 0 Å². The maximum absolute atomic E-state index is 2.34. The second-order valence-corrected chi connectivity index (χ2v) is 4.12. The molecule has 0 unspecified atom stereocenters. The van der Waals surface area contributed by atoms with Gasteiger partial charge in [-0.3, -0.25) is 0 Å². The lowest BCUT2D eigenvalue weighted by molar-refractivity contribution is 0.612.